The van der Waals surface area contributed by atoms with E-state index in [1.807, 2.05) is 0 Å². The number of amides is 1. The molecule has 2 bridgehead atoms. The molecule has 0 aromatic heterocycles. The van der Waals surface area contributed by atoms with Gasteiger partial charge >= 0.3 is 0 Å². The number of benzene rings is 1. The Labute approximate surface area is 127 Å². The second-order valence-corrected chi connectivity index (χ2v) is 7.72. The number of halogens is 1. The van der Waals surface area contributed by atoms with Gasteiger partial charge in [0.15, 0.2) is 0 Å². The van der Waals surface area contributed by atoms with Crippen LogP contribution in [0.1, 0.15) is 19.3 Å². The van der Waals surface area contributed by atoms with Crippen LogP contribution in [0.2, 0.25) is 5.02 Å². The summed E-state index contributed by atoms with van der Waals surface area (Å²) in [5.74, 6) is -0.705. The van der Waals surface area contributed by atoms with Gasteiger partial charge in [0.1, 0.15) is 6.04 Å². The topological polar surface area (TPSA) is 86.7 Å². The van der Waals surface area contributed by atoms with Crippen molar-refractivity contribution in [2.24, 2.45) is 5.92 Å². The second-order valence-electron chi connectivity index (χ2n) is 5.44. The van der Waals surface area contributed by atoms with Gasteiger partial charge in [0.05, 0.1) is 4.90 Å². The first-order valence-corrected chi connectivity index (χ1v) is 8.50. The molecular weight excluding hydrogens is 316 g/mol. The molecule has 6 nitrogen and oxygen atoms in total. The van der Waals surface area contributed by atoms with Crippen molar-refractivity contribution in [1.82, 2.24) is 9.79 Å². The highest BCUT2D eigenvalue weighted by atomic mass is 35.5. The largest absolute Gasteiger partial charge is 0.289 e. The zero-order valence-corrected chi connectivity index (χ0v) is 12.6. The van der Waals surface area contributed by atoms with Gasteiger partial charge < -0.3 is 0 Å². The Hall–Kier alpha value is -1.15. The fraction of sp³-hybridized carbons (Fsp3) is 0.462. The van der Waals surface area contributed by atoms with Gasteiger partial charge in [-0.25, -0.2) is 13.9 Å². The van der Waals surface area contributed by atoms with Gasteiger partial charge in [0, 0.05) is 11.1 Å². The van der Waals surface area contributed by atoms with Gasteiger partial charge in [-0.1, -0.05) is 11.6 Å². The summed E-state index contributed by atoms with van der Waals surface area (Å²) in [6.45, 7) is 0. The van der Waals surface area contributed by atoms with Gasteiger partial charge in [-0.2, -0.15) is 4.31 Å². The molecule has 0 spiro atoms. The first kappa shape index (κ1) is 14.8. The smallest absolute Gasteiger partial charge is 0.262 e. The maximum absolute atomic E-state index is 12.8. The molecule has 1 saturated carbocycles. The van der Waals surface area contributed by atoms with Crippen molar-refractivity contribution in [2.45, 2.75) is 36.2 Å². The van der Waals surface area contributed by atoms with E-state index in [2.05, 4.69) is 0 Å². The predicted octanol–water partition coefficient (Wildman–Crippen LogP) is 1.39. The van der Waals surface area contributed by atoms with Crippen molar-refractivity contribution in [2.75, 3.05) is 0 Å². The standard InChI is InChI=1S/C13H15ClN2O4S/c14-9-2-5-11(6-3-9)21(19,20)16-10-4-1-8(7-10)12(16)13(17)15-18/h2-3,5-6,8,10,12,18H,1,4,7H2,(H,15,17)/t8-,10+,12-/m1/s1. The number of hydrogen-bond donors (Lipinski definition) is 2. The number of nitrogens with zero attached hydrogens (tertiary/aromatic N) is 1. The van der Waals surface area contributed by atoms with E-state index in [-0.39, 0.29) is 16.9 Å². The first-order valence-electron chi connectivity index (χ1n) is 6.68. The van der Waals surface area contributed by atoms with Crippen LogP contribution in [0.15, 0.2) is 29.2 Å². The lowest BCUT2D eigenvalue weighted by Crippen LogP contribution is -2.52. The molecule has 1 aromatic carbocycles. The highest BCUT2D eigenvalue weighted by molar-refractivity contribution is 7.89. The van der Waals surface area contributed by atoms with Crippen LogP contribution in [0.4, 0.5) is 0 Å². The maximum atomic E-state index is 12.8. The Balaban J connectivity index is 2.00. The molecule has 21 heavy (non-hydrogen) atoms. The third kappa shape index (κ3) is 2.34. The third-order valence-corrected chi connectivity index (χ3v) is 6.49. The highest BCUT2D eigenvalue weighted by Crippen LogP contribution is 2.45. The number of sulfonamides is 1. The third-order valence-electron chi connectivity index (χ3n) is 4.29. The van der Waals surface area contributed by atoms with Gasteiger partial charge in [0.2, 0.25) is 10.0 Å². The van der Waals surface area contributed by atoms with E-state index >= 15 is 0 Å². The number of fused-ring (bicyclic) bond motifs is 2. The summed E-state index contributed by atoms with van der Waals surface area (Å²) < 4.78 is 26.8. The maximum Gasteiger partial charge on any atom is 0.262 e. The Morgan fingerprint density at radius 1 is 1.29 bits per heavy atom. The molecule has 1 aliphatic carbocycles. The molecule has 1 heterocycles. The molecule has 2 fully saturated rings. The van der Waals surface area contributed by atoms with Crippen LogP contribution in [0.5, 0.6) is 0 Å². The first-order chi connectivity index (χ1) is 9.95. The Bertz CT molecular complexity index is 661. The summed E-state index contributed by atoms with van der Waals surface area (Å²) in [5.41, 5.74) is 1.59. The molecule has 2 N–H and O–H groups in total. The quantitative estimate of drug-likeness (QED) is 0.647. The molecule has 8 heteroatoms. The lowest BCUT2D eigenvalue weighted by Gasteiger charge is -2.32. The van der Waals surface area contributed by atoms with E-state index < -0.39 is 22.0 Å². The minimum Gasteiger partial charge on any atom is -0.289 e. The Kier molecular flexibility index (Phi) is 3.69. The van der Waals surface area contributed by atoms with Crippen molar-refractivity contribution in [1.29, 1.82) is 0 Å². The van der Waals surface area contributed by atoms with Crippen molar-refractivity contribution in [3.8, 4) is 0 Å². The van der Waals surface area contributed by atoms with Crippen molar-refractivity contribution in [3.63, 3.8) is 0 Å². The summed E-state index contributed by atoms with van der Waals surface area (Å²) in [4.78, 5) is 12.0. The van der Waals surface area contributed by atoms with Crippen molar-refractivity contribution >= 4 is 27.5 Å². The van der Waals surface area contributed by atoms with Crippen molar-refractivity contribution < 1.29 is 18.4 Å². The average molecular weight is 331 g/mol. The molecule has 1 amide bonds. The van der Waals surface area contributed by atoms with Crippen LogP contribution in [0.3, 0.4) is 0 Å². The normalized spacial score (nSPS) is 28.8. The van der Waals surface area contributed by atoms with Crippen LogP contribution >= 0.6 is 11.6 Å². The summed E-state index contributed by atoms with van der Waals surface area (Å²) in [6.07, 6.45) is 2.20. The molecule has 1 aromatic rings. The molecule has 0 unspecified atom stereocenters. The van der Waals surface area contributed by atoms with Crippen LogP contribution in [0.25, 0.3) is 0 Å². The zero-order valence-electron chi connectivity index (χ0n) is 11.1. The van der Waals surface area contributed by atoms with Gasteiger partial charge in [-0.15, -0.1) is 0 Å². The van der Waals surface area contributed by atoms with E-state index in [1.54, 1.807) is 5.48 Å². The SMILES string of the molecule is O=C(NO)[C@H]1[C@@H]2CC[C@@H](C2)N1S(=O)(=O)c1ccc(Cl)cc1. The monoisotopic (exact) mass is 330 g/mol. The molecule has 1 aliphatic heterocycles. The lowest BCUT2D eigenvalue weighted by atomic mass is 10.00. The van der Waals surface area contributed by atoms with Crippen LogP contribution in [0, 0.1) is 5.92 Å². The van der Waals surface area contributed by atoms with Crippen LogP contribution in [-0.2, 0) is 14.8 Å². The van der Waals surface area contributed by atoms with E-state index in [4.69, 9.17) is 16.8 Å². The molecular formula is C13H15ClN2O4S. The minimum atomic E-state index is -3.79. The number of nitrogens with one attached hydrogen (secondary N) is 1. The number of rotatable bonds is 3. The summed E-state index contributed by atoms with van der Waals surface area (Å²) in [6, 6.07) is 4.84. The van der Waals surface area contributed by atoms with Gasteiger partial charge in [-0.05, 0) is 49.4 Å². The molecule has 0 radical (unpaired) electrons. The predicted molar refractivity (Wildman–Crippen MR) is 75.3 cm³/mol. The van der Waals surface area contributed by atoms with Crippen LogP contribution < -0.4 is 5.48 Å². The van der Waals surface area contributed by atoms with Crippen LogP contribution in [-0.4, -0.2) is 35.9 Å². The fourth-order valence-electron chi connectivity index (χ4n) is 3.41. The number of carbonyl (C=O) groups excluding carboxylic acids is 1. The molecule has 2 aliphatic rings. The number of hydroxylamine groups is 1. The zero-order chi connectivity index (χ0) is 15.2. The molecule has 1 saturated heterocycles. The summed E-state index contributed by atoms with van der Waals surface area (Å²) in [5, 5.41) is 9.32. The number of hydrogen-bond acceptors (Lipinski definition) is 4. The summed E-state index contributed by atoms with van der Waals surface area (Å²) >= 11 is 5.78. The molecule has 3 rings (SSSR count). The molecule has 114 valence electrons. The van der Waals surface area contributed by atoms with Gasteiger partial charge in [-0.3, -0.25) is 10.0 Å². The number of carbonyl (C=O) groups is 1. The van der Waals surface area contributed by atoms with E-state index in [0.717, 1.165) is 12.8 Å². The molecule has 3 atom stereocenters. The fourth-order valence-corrected chi connectivity index (χ4v) is 5.41. The highest BCUT2D eigenvalue weighted by Gasteiger charge is 2.54. The van der Waals surface area contributed by atoms with E-state index in [9.17, 15) is 13.2 Å². The number of piperidine rings is 1. The Morgan fingerprint density at radius 3 is 2.57 bits per heavy atom. The summed E-state index contributed by atoms with van der Waals surface area (Å²) in [7, 11) is -3.79. The minimum absolute atomic E-state index is 0.0378. The Morgan fingerprint density at radius 2 is 1.95 bits per heavy atom. The van der Waals surface area contributed by atoms with E-state index in [0.29, 0.717) is 11.4 Å². The average Bonchev–Trinajstić information content (AvgIpc) is 3.07. The van der Waals surface area contributed by atoms with Crippen molar-refractivity contribution in [3.05, 3.63) is 29.3 Å². The van der Waals surface area contributed by atoms with Gasteiger partial charge in [0.25, 0.3) is 5.91 Å². The second kappa shape index (κ2) is 5.24. The van der Waals surface area contributed by atoms with E-state index in [1.165, 1.54) is 28.6 Å². The lowest BCUT2D eigenvalue weighted by molar-refractivity contribution is -0.134.